The highest BCUT2D eigenvalue weighted by molar-refractivity contribution is 4.90. The fourth-order valence-electron chi connectivity index (χ4n) is 0.609. The van der Waals surface area contributed by atoms with E-state index in [9.17, 15) is 0 Å². The van der Waals surface area contributed by atoms with Gasteiger partial charge in [-0.2, -0.15) is 0 Å². The maximum absolute atomic E-state index is 3.71. The van der Waals surface area contributed by atoms with Crippen LogP contribution in [0.3, 0.4) is 0 Å². The van der Waals surface area contributed by atoms with Gasteiger partial charge in [-0.3, -0.25) is 0 Å². The summed E-state index contributed by atoms with van der Waals surface area (Å²) < 4.78 is 1.92. The van der Waals surface area contributed by atoms with E-state index in [0.717, 1.165) is 12.2 Å². The van der Waals surface area contributed by atoms with Gasteiger partial charge in [0.25, 0.3) is 0 Å². The van der Waals surface area contributed by atoms with Crippen molar-refractivity contribution in [2.24, 2.45) is 0 Å². The summed E-state index contributed by atoms with van der Waals surface area (Å²) in [6.07, 6.45) is 5.54. The van der Waals surface area contributed by atoms with Crippen LogP contribution >= 0.6 is 0 Å². The van der Waals surface area contributed by atoms with Gasteiger partial charge in [0.05, 0.1) is 0 Å². The van der Waals surface area contributed by atoms with Crippen LogP contribution in [-0.4, -0.2) is 9.55 Å². The van der Waals surface area contributed by atoms with E-state index in [1.165, 1.54) is 0 Å². The molecule has 8 heavy (non-hydrogen) atoms. The summed E-state index contributed by atoms with van der Waals surface area (Å²) in [6, 6.07) is 0. The minimum absolute atomic E-state index is 0.933. The number of hydrogen-bond acceptors (Lipinski definition) is 1. The standard InChI is InChI=1S/C6H8N2/c1-3-8-5-7-4-6(8)2/h3H2,1-2H3. The molecule has 2 heteroatoms. The summed E-state index contributed by atoms with van der Waals surface area (Å²) >= 11 is 0. The van der Waals surface area contributed by atoms with Crippen LogP contribution in [-0.2, 0) is 6.54 Å². The number of aryl methyl sites for hydroxylation is 2. The second-order valence-corrected chi connectivity index (χ2v) is 1.65. The number of aromatic nitrogens is 2. The third kappa shape index (κ3) is 0.735. The fourth-order valence-corrected chi connectivity index (χ4v) is 0.609. The van der Waals surface area contributed by atoms with Gasteiger partial charge >= 0.3 is 0 Å². The van der Waals surface area contributed by atoms with E-state index in [-0.39, 0.29) is 0 Å². The van der Waals surface area contributed by atoms with Crippen molar-refractivity contribution in [1.29, 1.82) is 0 Å². The van der Waals surface area contributed by atoms with Gasteiger partial charge in [0.15, 0.2) is 6.33 Å². The smallest absolute Gasteiger partial charge is 0.177 e. The molecule has 2 radical (unpaired) electrons. The van der Waals surface area contributed by atoms with E-state index >= 15 is 0 Å². The normalized spacial score (nSPS) is 9.75. The Balaban J connectivity index is 2.92. The zero-order valence-corrected chi connectivity index (χ0v) is 5.10. The molecular formula is C6H8N2. The molecule has 0 amide bonds. The molecule has 0 aliphatic carbocycles. The lowest BCUT2D eigenvalue weighted by Crippen LogP contribution is -1.93. The van der Waals surface area contributed by atoms with E-state index in [1.807, 2.05) is 11.5 Å². The van der Waals surface area contributed by atoms with Crippen LogP contribution in [0.2, 0.25) is 0 Å². The predicted octanol–water partition coefficient (Wildman–Crippen LogP) is 0.812. The zero-order chi connectivity index (χ0) is 5.98. The first-order valence-electron chi connectivity index (χ1n) is 2.67. The highest BCUT2D eigenvalue weighted by atomic mass is 15.0. The highest BCUT2D eigenvalue weighted by Crippen LogP contribution is 1.91. The van der Waals surface area contributed by atoms with Crippen LogP contribution in [0.5, 0.6) is 0 Å². The SMILES string of the molecule is CCn1[c]n[c]c1C. The maximum atomic E-state index is 3.71. The highest BCUT2D eigenvalue weighted by Gasteiger charge is 1.90. The third-order valence-corrected chi connectivity index (χ3v) is 1.11. The summed E-state index contributed by atoms with van der Waals surface area (Å²) in [4.78, 5) is 3.71. The molecule has 0 saturated carbocycles. The van der Waals surface area contributed by atoms with Crippen molar-refractivity contribution in [3.05, 3.63) is 18.2 Å². The summed E-state index contributed by atoms with van der Waals surface area (Å²) in [5, 5.41) is 0. The van der Waals surface area contributed by atoms with E-state index in [1.54, 1.807) is 0 Å². The van der Waals surface area contributed by atoms with Crippen LogP contribution < -0.4 is 0 Å². The molecule has 42 valence electrons. The van der Waals surface area contributed by atoms with Crippen molar-refractivity contribution in [1.82, 2.24) is 9.55 Å². The van der Waals surface area contributed by atoms with Gasteiger partial charge in [0.1, 0.15) is 6.20 Å². The molecule has 0 saturated heterocycles. The van der Waals surface area contributed by atoms with E-state index in [4.69, 9.17) is 0 Å². The van der Waals surface area contributed by atoms with E-state index < -0.39 is 0 Å². The lowest BCUT2D eigenvalue weighted by atomic mass is 10.5. The lowest BCUT2D eigenvalue weighted by Gasteiger charge is -1.94. The Bertz CT molecular complexity index is 167. The minimum atomic E-state index is 0.933. The average Bonchev–Trinajstić information content (AvgIpc) is 2.14. The Morgan fingerprint density at radius 1 is 1.75 bits per heavy atom. The average molecular weight is 108 g/mol. The summed E-state index contributed by atoms with van der Waals surface area (Å²) in [7, 11) is 0. The van der Waals surface area contributed by atoms with Crippen LogP contribution in [0.4, 0.5) is 0 Å². The Kier molecular flexibility index (Phi) is 1.33. The van der Waals surface area contributed by atoms with Gasteiger partial charge in [-0.15, -0.1) is 0 Å². The first-order valence-corrected chi connectivity index (χ1v) is 2.67. The minimum Gasteiger partial charge on any atom is -0.325 e. The molecule has 1 aromatic heterocycles. The first kappa shape index (κ1) is 5.35. The second-order valence-electron chi connectivity index (χ2n) is 1.65. The van der Waals surface area contributed by atoms with Crippen molar-refractivity contribution in [3.8, 4) is 0 Å². The Morgan fingerprint density at radius 2 is 2.50 bits per heavy atom. The Labute approximate surface area is 49.2 Å². The quantitative estimate of drug-likeness (QED) is 0.520. The molecule has 0 bridgehead atoms. The summed E-state index contributed by atoms with van der Waals surface area (Å²) in [5.41, 5.74) is 1.05. The van der Waals surface area contributed by atoms with Crippen molar-refractivity contribution in [2.75, 3.05) is 0 Å². The predicted molar refractivity (Wildman–Crippen MR) is 30.3 cm³/mol. The Morgan fingerprint density at radius 3 is 2.75 bits per heavy atom. The van der Waals surface area contributed by atoms with Gasteiger partial charge in [-0.1, -0.05) is 0 Å². The number of nitrogens with zero attached hydrogens (tertiary/aromatic N) is 2. The van der Waals surface area contributed by atoms with Crippen LogP contribution in [0.25, 0.3) is 0 Å². The molecule has 0 spiro atoms. The van der Waals surface area contributed by atoms with Crippen molar-refractivity contribution in [2.45, 2.75) is 20.4 Å². The molecule has 0 aliphatic rings. The molecule has 0 atom stereocenters. The van der Waals surface area contributed by atoms with Gasteiger partial charge in [-0.25, -0.2) is 4.98 Å². The zero-order valence-electron chi connectivity index (χ0n) is 5.10. The van der Waals surface area contributed by atoms with Crippen LogP contribution in [0, 0.1) is 19.4 Å². The lowest BCUT2D eigenvalue weighted by molar-refractivity contribution is 0.730. The Hall–Kier alpha value is -0.790. The topological polar surface area (TPSA) is 17.8 Å². The van der Waals surface area contributed by atoms with Crippen molar-refractivity contribution >= 4 is 0 Å². The van der Waals surface area contributed by atoms with E-state index in [0.29, 0.717) is 0 Å². The molecule has 1 heterocycles. The molecule has 2 nitrogen and oxygen atoms in total. The number of hydrogen-bond donors (Lipinski definition) is 0. The summed E-state index contributed by atoms with van der Waals surface area (Å²) in [5.74, 6) is 0. The molecule has 0 aliphatic heterocycles. The molecule has 0 aromatic carbocycles. The van der Waals surface area contributed by atoms with E-state index in [2.05, 4.69) is 24.4 Å². The van der Waals surface area contributed by atoms with Gasteiger partial charge in [0.2, 0.25) is 0 Å². The van der Waals surface area contributed by atoms with Crippen molar-refractivity contribution in [3.63, 3.8) is 0 Å². The monoisotopic (exact) mass is 108 g/mol. The fraction of sp³-hybridized carbons (Fsp3) is 0.500. The summed E-state index contributed by atoms with van der Waals surface area (Å²) in [6.45, 7) is 4.95. The third-order valence-electron chi connectivity index (χ3n) is 1.11. The maximum Gasteiger partial charge on any atom is 0.177 e. The molecule has 0 N–H and O–H groups in total. The first-order chi connectivity index (χ1) is 3.84. The van der Waals surface area contributed by atoms with Crippen molar-refractivity contribution < 1.29 is 0 Å². The van der Waals surface area contributed by atoms with Crippen LogP contribution in [0.1, 0.15) is 12.6 Å². The molecule has 0 fully saturated rings. The van der Waals surface area contributed by atoms with Gasteiger partial charge in [0, 0.05) is 12.2 Å². The van der Waals surface area contributed by atoms with Crippen LogP contribution in [0.15, 0.2) is 0 Å². The second kappa shape index (κ2) is 1.99. The molecular weight excluding hydrogens is 100 g/mol. The van der Waals surface area contributed by atoms with Gasteiger partial charge in [-0.05, 0) is 13.8 Å². The largest absolute Gasteiger partial charge is 0.325 e. The number of rotatable bonds is 1. The van der Waals surface area contributed by atoms with Gasteiger partial charge < -0.3 is 4.57 Å². The molecule has 1 rings (SSSR count). The number of imidazole rings is 1. The molecule has 1 aromatic rings. The molecule has 0 unspecified atom stereocenters.